The molecule has 3 rings (SSSR count). The van der Waals surface area contributed by atoms with E-state index >= 15 is 0 Å². The second-order valence-electron chi connectivity index (χ2n) is 8.33. The van der Waals surface area contributed by atoms with Gasteiger partial charge >= 0.3 is 0 Å². The third kappa shape index (κ3) is 6.48. The van der Waals surface area contributed by atoms with Crippen LogP contribution in [-0.4, -0.2) is 40.6 Å². The lowest BCUT2D eigenvalue weighted by molar-refractivity contribution is 0.586. The van der Waals surface area contributed by atoms with Gasteiger partial charge in [0, 0.05) is 18.2 Å². The summed E-state index contributed by atoms with van der Waals surface area (Å²) >= 11 is 0. The molecule has 1 N–H and O–H groups in total. The first kappa shape index (κ1) is 23.6. The molecule has 0 aromatic heterocycles. The summed E-state index contributed by atoms with van der Waals surface area (Å²) in [5.41, 5.74) is 5.09. The third-order valence-electron chi connectivity index (χ3n) is 5.55. The zero-order valence-corrected chi connectivity index (χ0v) is 19.8. The van der Waals surface area contributed by atoms with Crippen molar-refractivity contribution in [1.29, 1.82) is 0 Å². The highest BCUT2D eigenvalue weighted by atomic mass is 32.2. The van der Waals surface area contributed by atoms with Gasteiger partial charge in [0.2, 0.25) is 10.0 Å². The van der Waals surface area contributed by atoms with Gasteiger partial charge in [0.1, 0.15) is 0 Å². The molecule has 8 heteroatoms. The average molecular weight is 463 g/mol. The lowest BCUT2D eigenvalue weighted by Gasteiger charge is -2.13. The monoisotopic (exact) mass is 462 g/mol. The third-order valence-corrected chi connectivity index (χ3v) is 7.96. The van der Waals surface area contributed by atoms with Gasteiger partial charge < -0.3 is 0 Å². The van der Waals surface area contributed by atoms with E-state index in [-0.39, 0.29) is 5.92 Å². The van der Waals surface area contributed by atoms with Crippen LogP contribution in [-0.2, 0) is 26.5 Å². The molecule has 0 amide bonds. The molecule has 31 heavy (non-hydrogen) atoms. The minimum atomic E-state index is -3.44. The van der Waals surface area contributed by atoms with E-state index in [9.17, 15) is 16.8 Å². The van der Waals surface area contributed by atoms with Gasteiger partial charge in [-0.1, -0.05) is 48.5 Å². The van der Waals surface area contributed by atoms with Crippen molar-refractivity contribution in [2.24, 2.45) is 4.40 Å². The van der Waals surface area contributed by atoms with Crippen LogP contribution in [0.25, 0.3) is 11.1 Å². The highest BCUT2D eigenvalue weighted by Gasteiger charge is 2.27. The SMILES string of the molecule is CC(C)S(=O)(=O)/N=C1\CCC[C@@H]1c1ccc(-c2ccc(CCNS(C)(=O)=O)cc2)cc1. The van der Waals surface area contributed by atoms with Crippen LogP contribution in [0.3, 0.4) is 0 Å². The summed E-state index contributed by atoms with van der Waals surface area (Å²) in [5.74, 6) is 0.0623. The van der Waals surface area contributed by atoms with Crippen LogP contribution in [0.4, 0.5) is 0 Å². The molecule has 0 aliphatic heterocycles. The van der Waals surface area contributed by atoms with Gasteiger partial charge in [-0.15, -0.1) is 0 Å². The molecular formula is C23H30N2O4S2. The molecule has 0 bridgehead atoms. The lowest BCUT2D eigenvalue weighted by Crippen LogP contribution is -2.24. The quantitative estimate of drug-likeness (QED) is 0.644. The zero-order chi connectivity index (χ0) is 22.6. The number of nitrogens with one attached hydrogen (secondary N) is 1. The molecular weight excluding hydrogens is 432 g/mol. The number of sulfonamides is 2. The van der Waals surface area contributed by atoms with Gasteiger partial charge in [-0.05, 0) is 61.8 Å². The van der Waals surface area contributed by atoms with E-state index < -0.39 is 25.3 Å². The Labute approximate surface area is 185 Å². The predicted octanol–water partition coefficient (Wildman–Crippen LogP) is 3.89. The van der Waals surface area contributed by atoms with E-state index in [1.807, 2.05) is 24.3 Å². The molecule has 0 spiro atoms. The Morgan fingerprint density at radius 2 is 1.55 bits per heavy atom. The Balaban J connectivity index is 1.71. The first-order valence-electron chi connectivity index (χ1n) is 10.5. The van der Waals surface area contributed by atoms with E-state index in [0.717, 1.165) is 53.5 Å². The fourth-order valence-electron chi connectivity index (χ4n) is 3.72. The molecule has 1 saturated carbocycles. The van der Waals surface area contributed by atoms with Crippen molar-refractivity contribution in [3.8, 4) is 11.1 Å². The average Bonchev–Trinajstić information content (AvgIpc) is 3.15. The summed E-state index contributed by atoms with van der Waals surface area (Å²) in [4.78, 5) is 0. The van der Waals surface area contributed by atoms with Crippen LogP contribution >= 0.6 is 0 Å². The summed E-state index contributed by atoms with van der Waals surface area (Å²) in [6, 6.07) is 16.3. The lowest BCUT2D eigenvalue weighted by atomic mass is 9.94. The summed E-state index contributed by atoms with van der Waals surface area (Å²) in [6.07, 6.45) is 4.39. The van der Waals surface area contributed by atoms with Gasteiger partial charge in [0.05, 0.1) is 11.5 Å². The van der Waals surface area contributed by atoms with Crippen LogP contribution in [0.2, 0.25) is 0 Å². The van der Waals surface area contributed by atoms with Crippen molar-refractivity contribution >= 4 is 25.8 Å². The normalized spacial score (nSPS) is 18.7. The van der Waals surface area contributed by atoms with Crippen molar-refractivity contribution < 1.29 is 16.8 Å². The van der Waals surface area contributed by atoms with Gasteiger partial charge in [0.15, 0.2) is 0 Å². The number of rotatable bonds is 8. The van der Waals surface area contributed by atoms with Gasteiger partial charge in [0.25, 0.3) is 10.0 Å². The number of benzene rings is 2. The van der Waals surface area contributed by atoms with E-state index in [4.69, 9.17) is 0 Å². The molecule has 0 unspecified atom stereocenters. The Morgan fingerprint density at radius 3 is 2.10 bits per heavy atom. The maximum absolute atomic E-state index is 12.2. The van der Waals surface area contributed by atoms with Crippen molar-refractivity contribution in [1.82, 2.24) is 4.72 Å². The highest BCUT2D eigenvalue weighted by Crippen LogP contribution is 2.34. The second-order valence-corrected chi connectivity index (χ2v) is 12.3. The van der Waals surface area contributed by atoms with E-state index in [0.29, 0.717) is 13.0 Å². The van der Waals surface area contributed by atoms with Crippen molar-refractivity contribution in [2.45, 2.75) is 50.7 Å². The standard InChI is InChI=1S/C23H30N2O4S2/c1-17(2)31(28,29)25-23-6-4-5-22(23)21-13-11-20(12-14-21)19-9-7-18(8-10-19)15-16-24-30(3,26)27/h7-14,17,22,24H,4-6,15-16H2,1-3H3/b25-23+/t22-/m1/s1. The number of hydrogen-bond donors (Lipinski definition) is 1. The first-order valence-corrected chi connectivity index (χ1v) is 13.9. The summed E-state index contributed by atoms with van der Waals surface area (Å²) in [7, 11) is -6.61. The smallest absolute Gasteiger partial charge is 0.215 e. The molecule has 1 aliphatic carbocycles. The van der Waals surface area contributed by atoms with Crippen molar-refractivity contribution in [2.75, 3.05) is 12.8 Å². The maximum Gasteiger partial charge on any atom is 0.255 e. The summed E-state index contributed by atoms with van der Waals surface area (Å²) < 4.78 is 53.4. The van der Waals surface area contributed by atoms with E-state index in [1.165, 1.54) is 0 Å². The topological polar surface area (TPSA) is 92.7 Å². The molecule has 0 radical (unpaired) electrons. The van der Waals surface area contributed by atoms with Crippen LogP contribution < -0.4 is 4.72 Å². The molecule has 2 aromatic carbocycles. The summed E-state index contributed by atoms with van der Waals surface area (Å²) in [6.45, 7) is 3.70. The Hall–Kier alpha value is -2.03. The van der Waals surface area contributed by atoms with Crippen molar-refractivity contribution in [3.63, 3.8) is 0 Å². The molecule has 0 heterocycles. The maximum atomic E-state index is 12.2. The van der Waals surface area contributed by atoms with Gasteiger partial charge in [-0.2, -0.15) is 4.40 Å². The molecule has 6 nitrogen and oxygen atoms in total. The second kappa shape index (κ2) is 9.63. The van der Waals surface area contributed by atoms with Gasteiger partial charge in [-0.3, -0.25) is 0 Å². The zero-order valence-electron chi connectivity index (χ0n) is 18.2. The first-order chi connectivity index (χ1) is 14.5. The Kier molecular flexibility index (Phi) is 7.34. The molecule has 168 valence electrons. The van der Waals surface area contributed by atoms with Gasteiger partial charge in [-0.25, -0.2) is 21.6 Å². The minimum absolute atomic E-state index is 0.0623. The minimum Gasteiger partial charge on any atom is -0.215 e. The van der Waals surface area contributed by atoms with Crippen LogP contribution in [0.5, 0.6) is 0 Å². The van der Waals surface area contributed by atoms with E-state index in [2.05, 4.69) is 33.4 Å². The molecule has 1 fully saturated rings. The van der Waals surface area contributed by atoms with E-state index in [1.54, 1.807) is 13.8 Å². The summed E-state index contributed by atoms with van der Waals surface area (Å²) in [5, 5.41) is -0.506. The van der Waals surface area contributed by atoms with Crippen LogP contribution in [0.15, 0.2) is 52.9 Å². The van der Waals surface area contributed by atoms with Crippen LogP contribution in [0.1, 0.15) is 50.2 Å². The molecule has 0 saturated heterocycles. The fourth-order valence-corrected chi connectivity index (χ4v) is 4.95. The predicted molar refractivity (Wildman–Crippen MR) is 127 cm³/mol. The largest absolute Gasteiger partial charge is 0.255 e. The molecule has 1 atom stereocenters. The Bertz CT molecular complexity index is 1140. The molecule has 1 aliphatic rings. The molecule has 2 aromatic rings. The number of hydrogen-bond acceptors (Lipinski definition) is 4. The van der Waals surface area contributed by atoms with Crippen molar-refractivity contribution in [3.05, 3.63) is 59.7 Å². The Morgan fingerprint density at radius 1 is 0.968 bits per heavy atom. The fraction of sp³-hybridized carbons (Fsp3) is 0.435. The highest BCUT2D eigenvalue weighted by molar-refractivity contribution is 7.90. The number of nitrogens with zero attached hydrogens (tertiary/aromatic N) is 1. The van der Waals surface area contributed by atoms with Crippen LogP contribution in [0, 0.1) is 0 Å².